The van der Waals surface area contributed by atoms with E-state index < -0.39 is 12.5 Å². The molecule has 0 spiro atoms. The molecule has 0 aliphatic carbocycles. The molecule has 44 valence electrons. The van der Waals surface area contributed by atoms with E-state index >= 15 is 0 Å². The van der Waals surface area contributed by atoms with Crippen LogP contribution in [-0.4, -0.2) is 16.8 Å². The van der Waals surface area contributed by atoms with Crippen molar-refractivity contribution in [3.05, 3.63) is 0 Å². The van der Waals surface area contributed by atoms with Crippen molar-refractivity contribution in [3.63, 3.8) is 0 Å². The van der Waals surface area contributed by atoms with Gasteiger partial charge in [-0.15, -0.1) is 0 Å². The fourth-order valence-corrected chi connectivity index (χ4v) is 0.522. The minimum absolute atomic E-state index is 0.572. The Bertz CT molecular complexity index is 86.9. The van der Waals surface area contributed by atoms with Crippen molar-refractivity contribution < 1.29 is 14.5 Å². The Morgan fingerprint density at radius 3 is 2.29 bits per heavy atom. The van der Waals surface area contributed by atoms with Gasteiger partial charge in [-0.3, -0.25) is 4.52 Å². The highest BCUT2D eigenvalue weighted by Gasteiger charge is 2.01. The van der Waals surface area contributed by atoms with E-state index in [9.17, 15) is 0 Å². The van der Waals surface area contributed by atoms with Crippen molar-refractivity contribution in [2.75, 3.05) is 6.79 Å². The maximum absolute atomic E-state index is 8.43. The van der Waals surface area contributed by atoms with E-state index in [1.807, 2.05) is 0 Å². The van der Waals surface area contributed by atoms with Gasteiger partial charge in [-0.05, 0) is 11.8 Å². The van der Waals surface area contributed by atoms with Crippen molar-refractivity contribution in [2.24, 2.45) is 0 Å². The highest BCUT2D eigenvalue weighted by atomic mass is 32.9. The molecule has 0 bridgehead atoms. The van der Waals surface area contributed by atoms with Gasteiger partial charge in [-0.25, -0.2) is 0 Å². The third kappa shape index (κ3) is 6.88. The number of hydrogen-bond donors (Lipinski definition) is 3. The van der Waals surface area contributed by atoms with E-state index in [0.717, 1.165) is 0 Å². The summed E-state index contributed by atoms with van der Waals surface area (Å²) in [6.07, 6.45) is 0. The molecule has 6 heteroatoms. The standard InChI is InChI=1S/CH5O3PS2/c2-1-4-5(3,6)7/h2H,1H2,(H2,3,6,7). The maximum atomic E-state index is 8.43. The van der Waals surface area contributed by atoms with Crippen LogP contribution in [0.2, 0.25) is 0 Å². The summed E-state index contributed by atoms with van der Waals surface area (Å²) in [6.45, 7) is -0.572. The van der Waals surface area contributed by atoms with E-state index in [2.05, 4.69) is 28.6 Å². The highest BCUT2D eigenvalue weighted by Crippen LogP contribution is 2.46. The third-order valence-corrected chi connectivity index (χ3v) is 1.34. The molecule has 1 unspecified atom stereocenters. The molecule has 2 N–H and O–H groups in total. The molecule has 0 heterocycles. The molecule has 0 fully saturated rings. The summed E-state index contributed by atoms with van der Waals surface area (Å²) in [6, 6.07) is 0. The molecule has 0 saturated carbocycles. The van der Waals surface area contributed by atoms with Crippen molar-refractivity contribution in [1.82, 2.24) is 0 Å². The highest BCUT2D eigenvalue weighted by molar-refractivity contribution is 8.59. The van der Waals surface area contributed by atoms with Crippen molar-refractivity contribution in [3.8, 4) is 0 Å². The predicted octanol–water partition coefficient (Wildman–Crippen LogP) is 0.0994. The average molecular weight is 160 g/mol. The van der Waals surface area contributed by atoms with E-state index in [1.165, 1.54) is 0 Å². The van der Waals surface area contributed by atoms with E-state index in [0.29, 0.717) is 0 Å². The molecule has 0 aromatic rings. The molecule has 0 radical (unpaired) electrons. The van der Waals surface area contributed by atoms with Gasteiger partial charge in [0.05, 0.1) is 0 Å². The molecule has 0 aliphatic heterocycles. The monoisotopic (exact) mass is 160 g/mol. The first-order valence-electron chi connectivity index (χ1n) is 1.37. The third-order valence-electron chi connectivity index (χ3n) is 0.226. The van der Waals surface area contributed by atoms with Crippen molar-refractivity contribution in [2.45, 2.75) is 0 Å². The first kappa shape index (κ1) is 7.88. The molecule has 0 aromatic heterocycles. The Labute approximate surface area is 51.6 Å². The summed E-state index contributed by atoms with van der Waals surface area (Å²) in [5.41, 5.74) is -2.89. The van der Waals surface area contributed by atoms with E-state index in [4.69, 9.17) is 10.00 Å². The smallest absolute Gasteiger partial charge is 0.243 e. The van der Waals surface area contributed by atoms with Gasteiger partial charge in [0.15, 0.2) is 6.79 Å². The first-order valence-corrected chi connectivity index (χ1v) is 5.20. The maximum Gasteiger partial charge on any atom is 0.243 e. The fraction of sp³-hybridized carbons (Fsp3) is 1.00. The van der Waals surface area contributed by atoms with E-state index in [1.54, 1.807) is 0 Å². The summed E-state index contributed by atoms with van der Waals surface area (Å²) >= 11 is 7.67. The lowest BCUT2D eigenvalue weighted by Gasteiger charge is -2.03. The van der Waals surface area contributed by atoms with Gasteiger partial charge < -0.3 is 10.00 Å². The van der Waals surface area contributed by atoms with Gasteiger partial charge in [0, 0.05) is 0 Å². The van der Waals surface area contributed by atoms with E-state index in [-0.39, 0.29) is 0 Å². The van der Waals surface area contributed by atoms with Crippen LogP contribution in [0.1, 0.15) is 0 Å². The molecule has 0 amide bonds. The fourth-order valence-electron chi connectivity index (χ4n) is 0.0752. The first-order chi connectivity index (χ1) is 3.06. The Kier molecular flexibility index (Phi) is 3.40. The second kappa shape index (κ2) is 3.02. The zero-order valence-corrected chi connectivity index (χ0v) is 5.92. The molecule has 0 rings (SSSR count). The zero-order valence-electron chi connectivity index (χ0n) is 3.31. The van der Waals surface area contributed by atoms with Crippen LogP contribution in [0.15, 0.2) is 0 Å². The molecular formula is CH5O3PS2. The Balaban J connectivity index is 3.36. The van der Waals surface area contributed by atoms with Crippen LogP contribution in [0, 0.1) is 0 Å². The van der Waals surface area contributed by atoms with Crippen LogP contribution >= 0.6 is 17.9 Å². The SMILES string of the molecule is OCOP(O)(=S)S. The molecular weight excluding hydrogens is 155 g/mol. The summed E-state index contributed by atoms with van der Waals surface area (Å²) in [7, 11) is 0. The van der Waals surface area contributed by atoms with Gasteiger partial charge in [-0.1, -0.05) is 12.2 Å². The Morgan fingerprint density at radius 2 is 2.29 bits per heavy atom. The number of hydrogen-bond acceptors (Lipinski definition) is 3. The van der Waals surface area contributed by atoms with Crippen molar-refractivity contribution >= 4 is 29.7 Å². The second-order valence-electron chi connectivity index (χ2n) is 0.749. The summed E-state index contributed by atoms with van der Waals surface area (Å²) in [4.78, 5) is 8.43. The number of aliphatic hydroxyl groups is 1. The molecule has 1 atom stereocenters. The topological polar surface area (TPSA) is 49.7 Å². The van der Waals surface area contributed by atoms with Gasteiger partial charge in [0.25, 0.3) is 0 Å². The average Bonchev–Trinajstić information content (AvgIpc) is 1.30. The molecule has 7 heavy (non-hydrogen) atoms. The summed E-state index contributed by atoms with van der Waals surface area (Å²) in [5.74, 6) is 0. The van der Waals surface area contributed by atoms with Gasteiger partial charge in [0.2, 0.25) is 5.69 Å². The predicted molar refractivity (Wildman–Crippen MR) is 33.7 cm³/mol. The van der Waals surface area contributed by atoms with Crippen LogP contribution in [0.5, 0.6) is 0 Å². The Hall–Kier alpha value is 0.880. The molecule has 0 aliphatic rings. The second-order valence-corrected chi connectivity index (χ2v) is 5.91. The lowest BCUT2D eigenvalue weighted by molar-refractivity contribution is 0.104. The lowest BCUT2D eigenvalue weighted by Crippen LogP contribution is -1.83. The van der Waals surface area contributed by atoms with Crippen LogP contribution in [0.4, 0.5) is 0 Å². The van der Waals surface area contributed by atoms with Crippen molar-refractivity contribution in [1.29, 1.82) is 0 Å². The largest absolute Gasteiger partial charge is 0.370 e. The molecule has 3 nitrogen and oxygen atoms in total. The molecule has 0 saturated heterocycles. The lowest BCUT2D eigenvalue weighted by atomic mass is 11.6. The minimum Gasteiger partial charge on any atom is -0.370 e. The van der Waals surface area contributed by atoms with Crippen LogP contribution in [0.25, 0.3) is 0 Å². The zero-order chi connectivity index (χ0) is 5.91. The van der Waals surface area contributed by atoms with Gasteiger partial charge in [-0.2, -0.15) is 0 Å². The minimum atomic E-state index is -2.89. The van der Waals surface area contributed by atoms with Crippen LogP contribution < -0.4 is 0 Å². The molecule has 0 aromatic carbocycles. The summed E-state index contributed by atoms with van der Waals surface area (Å²) in [5, 5.41) is 7.93. The van der Waals surface area contributed by atoms with Gasteiger partial charge >= 0.3 is 0 Å². The number of thiol groups is 1. The normalized spacial score (nSPS) is 18.7. The van der Waals surface area contributed by atoms with Gasteiger partial charge in [0.1, 0.15) is 0 Å². The quantitative estimate of drug-likeness (QED) is 0.304. The van der Waals surface area contributed by atoms with Crippen LogP contribution in [-0.2, 0) is 16.3 Å². The Morgan fingerprint density at radius 1 is 1.86 bits per heavy atom. The number of rotatable bonds is 2. The number of aliphatic hydroxyl groups excluding tert-OH is 1. The van der Waals surface area contributed by atoms with Crippen LogP contribution in [0.3, 0.4) is 0 Å². The summed E-state index contributed by atoms with van der Waals surface area (Å²) < 4.78 is 4.13.